The maximum absolute atomic E-state index is 10.5. The number of nitrogens with zero attached hydrogens (tertiary/aromatic N) is 1. The van der Waals surface area contributed by atoms with Crippen LogP contribution in [-0.2, 0) is 9.53 Å². The number of ether oxygens (including phenoxy) is 1. The van der Waals surface area contributed by atoms with E-state index in [2.05, 4.69) is 0 Å². The minimum atomic E-state index is -1.06. The van der Waals surface area contributed by atoms with Gasteiger partial charge in [-0.05, 0) is 0 Å². The Labute approximate surface area is 81.1 Å². The molecule has 1 aliphatic rings. The molecule has 2 unspecified atom stereocenters. The minimum Gasteiger partial charge on any atom is -0.465 e. The van der Waals surface area contributed by atoms with Gasteiger partial charge in [-0.3, -0.25) is 4.79 Å². The van der Waals surface area contributed by atoms with Gasteiger partial charge < -0.3 is 19.8 Å². The number of hydrogen-bond donors (Lipinski definition) is 2. The molecule has 2 N–H and O–H groups in total. The smallest absolute Gasteiger partial charge is 0.407 e. The van der Waals surface area contributed by atoms with Crippen LogP contribution >= 0.6 is 0 Å². The summed E-state index contributed by atoms with van der Waals surface area (Å²) < 4.78 is 4.71. The zero-order chi connectivity index (χ0) is 10.7. The van der Waals surface area contributed by atoms with E-state index in [4.69, 9.17) is 9.84 Å². The highest BCUT2D eigenvalue weighted by atomic mass is 16.5. The molecule has 0 saturated carbocycles. The third kappa shape index (κ3) is 2.59. The molecule has 1 heterocycles. The van der Waals surface area contributed by atoms with E-state index in [0.717, 1.165) is 4.90 Å². The van der Waals surface area contributed by atoms with E-state index in [1.54, 1.807) is 0 Å². The van der Waals surface area contributed by atoms with Crippen LogP contribution in [0.15, 0.2) is 0 Å². The van der Waals surface area contributed by atoms with Gasteiger partial charge in [0.05, 0.1) is 19.3 Å². The zero-order valence-electron chi connectivity index (χ0n) is 7.84. The molecule has 6 heteroatoms. The van der Waals surface area contributed by atoms with Crippen molar-refractivity contribution < 1.29 is 24.5 Å². The van der Waals surface area contributed by atoms with Crippen molar-refractivity contribution in [2.75, 3.05) is 19.7 Å². The molecule has 0 bridgehead atoms. The first-order chi connectivity index (χ1) is 6.50. The van der Waals surface area contributed by atoms with Gasteiger partial charge in [-0.25, -0.2) is 4.79 Å². The van der Waals surface area contributed by atoms with Crippen LogP contribution in [0.25, 0.3) is 0 Å². The molecule has 1 fully saturated rings. The second-order valence-electron chi connectivity index (χ2n) is 3.32. The quantitative estimate of drug-likeness (QED) is 0.592. The van der Waals surface area contributed by atoms with Crippen LogP contribution in [0, 0.1) is 5.92 Å². The molecular formula is C8H13NO5. The molecule has 0 aliphatic carbocycles. The van der Waals surface area contributed by atoms with Crippen molar-refractivity contribution in [1.82, 2.24) is 4.90 Å². The van der Waals surface area contributed by atoms with Gasteiger partial charge in [0.25, 0.3) is 0 Å². The summed E-state index contributed by atoms with van der Waals surface area (Å²) in [5.41, 5.74) is 0. The summed E-state index contributed by atoms with van der Waals surface area (Å²) in [6, 6.07) is 0. The van der Waals surface area contributed by atoms with Gasteiger partial charge in [0.2, 0.25) is 0 Å². The van der Waals surface area contributed by atoms with E-state index in [-0.39, 0.29) is 25.6 Å². The van der Waals surface area contributed by atoms with Crippen LogP contribution in [0.4, 0.5) is 4.79 Å². The normalized spacial score (nSPS) is 26.3. The molecule has 2 atom stereocenters. The average molecular weight is 203 g/mol. The first-order valence-electron chi connectivity index (χ1n) is 4.30. The molecule has 1 saturated heterocycles. The number of β-amino-alcohol motifs (C(OH)–C–C–N with tert-alkyl or cyclic N) is 1. The van der Waals surface area contributed by atoms with Gasteiger partial charge in [-0.2, -0.15) is 0 Å². The molecule has 14 heavy (non-hydrogen) atoms. The fourth-order valence-electron chi connectivity index (χ4n) is 1.40. The lowest BCUT2D eigenvalue weighted by molar-refractivity contribution is -0.142. The number of esters is 1. The fraction of sp³-hybridized carbons (Fsp3) is 0.750. The Morgan fingerprint density at radius 2 is 2.14 bits per heavy atom. The molecule has 1 aliphatic heterocycles. The lowest BCUT2D eigenvalue weighted by Gasteiger charge is -2.12. The number of amides is 1. The largest absolute Gasteiger partial charge is 0.465 e. The maximum Gasteiger partial charge on any atom is 0.407 e. The Morgan fingerprint density at radius 3 is 2.57 bits per heavy atom. The van der Waals surface area contributed by atoms with E-state index in [9.17, 15) is 14.7 Å². The van der Waals surface area contributed by atoms with Crippen LogP contribution in [0.5, 0.6) is 0 Å². The van der Waals surface area contributed by atoms with Gasteiger partial charge in [-0.15, -0.1) is 0 Å². The summed E-state index contributed by atoms with van der Waals surface area (Å²) >= 11 is 0. The van der Waals surface area contributed by atoms with Crippen molar-refractivity contribution in [3.8, 4) is 0 Å². The number of hydrogen-bond acceptors (Lipinski definition) is 4. The SMILES string of the molecule is CC(=O)OCC1CN(C(=O)O)CC1O. The zero-order valence-corrected chi connectivity index (χ0v) is 7.84. The Morgan fingerprint density at radius 1 is 1.50 bits per heavy atom. The molecule has 80 valence electrons. The van der Waals surface area contributed by atoms with Crippen molar-refractivity contribution in [2.45, 2.75) is 13.0 Å². The molecule has 0 aromatic heterocycles. The molecule has 0 spiro atoms. The summed E-state index contributed by atoms with van der Waals surface area (Å²) in [6.07, 6.45) is -1.81. The number of likely N-dealkylation sites (tertiary alicyclic amines) is 1. The summed E-state index contributed by atoms with van der Waals surface area (Å²) in [5.74, 6) is -0.735. The number of carbonyl (C=O) groups excluding carboxylic acids is 1. The van der Waals surface area contributed by atoms with Crippen LogP contribution in [0.3, 0.4) is 0 Å². The second kappa shape index (κ2) is 4.28. The summed E-state index contributed by atoms with van der Waals surface area (Å²) in [6.45, 7) is 1.64. The predicted molar refractivity (Wildman–Crippen MR) is 45.7 cm³/mol. The Hall–Kier alpha value is -1.30. The van der Waals surface area contributed by atoms with Gasteiger partial charge in [0.15, 0.2) is 0 Å². The number of carbonyl (C=O) groups is 2. The summed E-state index contributed by atoms with van der Waals surface area (Å²) in [5, 5.41) is 18.1. The number of aliphatic hydroxyl groups excluding tert-OH is 1. The fourth-order valence-corrected chi connectivity index (χ4v) is 1.40. The lowest BCUT2D eigenvalue weighted by Crippen LogP contribution is -2.27. The van der Waals surface area contributed by atoms with E-state index in [1.807, 2.05) is 0 Å². The van der Waals surface area contributed by atoms with Crippen molar-refractivity contribution in [1.29, 1.82) is 0 Å². The van der Waals surface area contributed by atoms with Gasteiger partial charge in [0, 0.05) is 19.4 Å². The minimum absolute atomic E-state index is 0.0697. The highest BCUT2D eigenvalue weighted by Gasteiger charge is 2.34. The Kier molecular flexibility index (Phi) is 3.29. The topological polar surface area (TPSA) is 87.1 Å². The van der Waals surface area contributed by atoms with E-state index < -0.39 is 18.2 Å². The first-order valence-corrected chi connectivity index (χ1v) is 4.30. The maximum atomic E-state index is 10.5. The molecule has 1 amide bonds. The van der Waals surface area contributed by atoms with Crippen LogP contribution in [0.2, 0.25) is 0 Å². The predicted octanol–water partition coefficient (Wildman–Crippen LogP) is -0.480. The van der Waals surface area contributed by atoms with Crippen molar-refractivity contribution in [2.24, 2.45) is 5.92 Å². The number of rotatable bonds is 2. The Balaban J connectivity index is 2.40. The lowest BCUT2D eigenvalue weighted by atomic mass is 10.1. The van der Waals surface area contributed by atoms with Gasteiger partial charge in [0.1, 0.15) is 0 Å². The molecule has 0 radical (unpaired) electrons. The third-order valence-corrected chi connectivity index (χ3v) is 2.18. The molecular weight excluding hydrogens is 190 g/mol. The summed E-state index contributed by atoms with van der Waals surface area (Å²) in [7, 11) is 0. The standard InChI is InChI=1S/C8H13NO5/c1-5(10)14-4-6-2-9(8(12)13)3-7(6)11/h6-7,11H,2-4H2,1H3,(H,12,13). The highest BCUT2D eigenvalue weighted by molar-refractivity contribution is 5.66. The number of carboxylic acid groups (broad SMARTS) is 1. The van der Waals surface area contributed by atoms with Crippen molar-refractivity contribution in [3.05, 3.63) is 0 Å². The average Bonchev–Trinajstić information content (AvgIpc) is 2.43. The van der Waals surface area contributed by atoms with Gasteiger partial charge >= 0.3 is 12.1 Å². The van der Waals surface area contributed by atoms with Crippen LogP contribution in [0.1, 0.15) is 6.92 Å². The Bertz CT molecular complexity index is 242. The molecule has 6 nitrogen and oxygen atoms in total. The van der Waals surface area contributed by atoms with Crippen molar-refractivity contribution in [3.63, 3.8) is 0 Å². The third-order valence-electron chi connectivity index (χ3n) is 2.18. The van der Waals surface area contributed by atoms with Crippen LogP contribution < -0.4 is 0 Å². The van der Waals surface area contributed by atoms with E-state index >= 15 is 0 Å². The summed E-state index contributed by atoms with van der Waals surface area (Å²) in [4.78, 5) is 22.1. The van der Waals surface area contributed by atoms with Crippen LogP contribution in [-0.4, -0.2) is 53.0 Å². The van der Waals surface area contributed by atoms with E-state index in [0.29, 0.717) is 0 Å². The molecule has 1 rings (SSSR count). The van der Waals surface area contributed by atoms with E-state index in [1.165, 1.54) is 6.92 Å². The second-order valence-corrected chi connectivity index (χ2v) is 3.32. The molecule has 0 aromatic rings. The van der Waals surface area contributed by atoms with Crippen molar-refractivity contribution >= 4 is 12.1 Å². The highest BCUT2D eigenvalue weighted by Crippen LogP contribution is 2.17. The van der Waals surface area contributed by atoms with Gasteiger partial charge in [-0.1, -0.05) is 0 Å². The first kappa shape index (κ1) is 10.8. The molecule has 0 aromatic carbocycles. The number of aliphatic hydroxyl groups is 1. The monoisotopic (exact) mass is 203 g/mol.